The fraction of sp³-hybridized carbons (Fsp3) is 0.0556. The SMILES string of the molecule is Cc1n[nH]c(=O)c(C(=O)Nc2ccccc2)c1-c1ccccc1. The summed E-state index contributed by atoms with van der Waals surface area (Å²) in [5.41, 5.74) is 2.10. The Morgan fingerprint density at radius 1 is 1.00 bits per heavy atom. The topological polar surface area (TPSA) is 74.8 Å². The first-order valence-electron chi connectivity index (χ1n) is 7.18. The number of aromatic nitrogens is 2. The predicted octanol–water partition coefficient (Wildman–Crippen LogP) is 3.00. The van der Waals surface area contributed by atoms with Crippen LogP contribution in [0.15, 0.2) is 65.5 Å². The Balaban J connectivity index is 2.10. The molecule has 0 fully saturated rings. The van der Waals surface area contributed by atoms with E-state index in [0.29, 0.717) is 16.9 Å². The van der Waals surface area contributed by atoms with Crippen molar-refractivity contribution >= 4 is 11.6 Å². The van der Waals surface area contributed by atoms with Gasteiger partial charge in [-0.25, -0.2) is 5.10 Å². The van der Waals surface area contributed by atoms with Crippen LogP contribution in [0.2, 0.25) is 0 Å². The molecule has 0 radical (unpaired) electrons. The summed E-state index contributed by atoms with van der Waals surface area (Å²) in [4.78, 5) is 24.8. The van der Waals surface area contributed by atoms with E-state index in [1.54, 1.807) is 19.1 Å². The lowest BCUT2D eigenvalue weighted by atomic mass is 9.99. The van der Waals surface area contributed by atoms with Crippen molar-refractivity contribution < 1.29 is 4.79 Å². The number of H-pyrrole nitrogens is 1. The van der Waals surface area contributed by atoms with Crippen LogP contribution in [0.4, 0.5) is 5.69 Å². The van der Waals surface area contributed by atoms with Crippen molar-refractivity contribution in [2.75, 3.05) is 5.32 Å². The van der Waals surface area contributed by atoms with Crippen molar-refractivity contribution in [3.05, 3.63) is 82.3 Å². The number of nitrogens with one attached hydrogen (secondary N) is 2. The minimum Gasteiger partial charge on any atom is -0.322 e. The third kappa shape index (κ3) is 3.03. The average Bonchev–Trinajstić information content (AvgIpc) is 2.58. The van der Waals surface area contributed by atoms with Crippen molar-refractivity contribution in [1.29, 1.82) is 0 Å². The smallest absolute Gasteiger partial charge is 0.277 e. The lowest BCUT2D eigenvalue weighted by Gasteiger charge is -2.11. The normalized spacial score (nSPS) is 10.3. The monoisotopic (exact) mass is 305 g/mol. The molecule has 5 heteroatoms. The molecular formula is C18H15N3O2. The molecule has 5 nitrogen and oxygen atoms in total. The van der Waals surface area contributed by atoms with E-state index in [1.807, 2.05) is 48.5 Å². The van der Waals surface area contributed by atoms with Crippen LogP contribution in [-0.2, 0) is 0 Å². The zero-order chi connectivity index (χ0) is 16.2. The van der Waals surface area contributed by atoms with Gasteiger partial charge in [0.15, 0.2) is 0 Å². The standard InChI is InChI=1S/C18H15N3O2/c1-12-15(13-8-4-2-5-9-13)16(18(23)21-20-12)17(22)19-14-10-6-3-7-11-14/h2-11H,1H3,(H,19,22)(H,21,23). The average molecular weight is 305 g/mol. The van der Waals surface area contributed by atoms with Crippen LogP contribution in [0.1, 0.15) is 16.1 Å². The van der Waals surface area contributed by atoms with E-state index in [1.165, 1.54) is 0 Å². The summed E-state index contributed by atoms with van der Waals surface area (Å²) in [5.74, 6) is -0.457. The molecule has 1 aromatic heterocycles. The Labute approximate surface area is 133 Å². The first-order valence-corrected chi connectivity index (χ1v) is 7.18. The maximum atomic E-state index is 12.6. The number of aromatic amines is 1. The Morgan fingerprint density at radius 2 is 1.61 bits per heavy atom. The highest BCUT2D eigenvalue weighted by Gasteiger charge is 2.20. The van der Waals surface area contributed by atoms with Crippen LogP contribution >= 0.6 is 0 Å². The Bertz CT molecular complexity index is 887. The van der Waals surface area contributed by atoms with Crippen LogP contribution in [0.3, 0.4) is 0 Å². The number of anilines is 1. The summed E-state index contributed by atoms with van der Waals surface area (Å²) in [7, 11) is 0. The van der Waals surface area contributed by atoms with Gasteiger partial charge in [0.25, 0.3) is 11.5 Å². The van der Waals surface area contributed by atoms with E-state index in [4.69, 9.17) is 0 Å². The number of nitrogens with zero attached hydrogens (tertiary/aromatic N) is 1. The van der Waals surface area contributed by atoms with E-state index in [9.17, 15) is 9.59 Å². The third-order valence-electron chi connectivity index (χ3n) is 3.49. The van der Waals surface area contributed by atoms with Crippen molar-refractivity contribution in [3.63, 3.8) is 0 Å². The van der Waals surface area contributed by atoms with Gasteiger partial charge < -0.3 is 5.32 Å². The van der Waals surface area contributed by atoms with E-state index >= 15 is 0 Å². The quantitative estimate of drug-likeness (QED) is 0.781. The van der Waals surface area contributed by atoms with Crippen molar-refractivity contribution in [3.8, 4) is 11.1 Å². The first kappa shape index (κ1) is 14.7. The molecule has 23 heavy (non-hydrogen) atoms. The second-order valence-electron chi connectivity index (χ2n) is 5.07. The number of rotatable bonds is 3. The van der Waals surface area contributed by atoms with Gasteiger partial charge in [-0.15, -0.1) is 0 Å². The molecule has 1 amide bonds. The number of hydrogen-bond donors (Lipinski definition) is 2. The van der Waals surface area contributed by atoms with Gasteiger partial charge in [0, 0.05) is 11.3 Å². The van der Waals surface area contributed by atoms with Crippen LogP contribution in [0, 0.1) is 6.92 Å². The second kappa shape index (κ2) is 6.27. The van der Waals surface area contributed by atoms with Crippen LogP contribution in [-0.4, -0.2) is 16.1 Å². The third-order valence-corrected chi connectivity index (χ3v) is 3.49. The molecule has 114 valence electrons. The van der Waals surface area contributed by atoms with E-state index in [-0.39, 0.29) is 5.56 Å². The lowest BCUT2D eigenvalue weighted by molar-refractivity contribution is 0.102. The van der Waals surface area contributed by atoms with Crippen LogP contribution in [0.5, 0.6) is 0 Å². The van der Waals surface area contributed by atoms with Gasteiger partial charge in [0.05, 0.1) is 5.69 Å². The number of para-hydroxylation sites is 1. The van der Waals surface area contributed by atoms with Crippen LogP contribution < -0.4 is 10.9 Å². The van der Waals surface area contributed by atoms with E-state index < -0.39 is 11.5 Å². The molecule has 2 N–H and O–H groups in total. The Morgan fingerprint density at radius 3 is 2.26 bits per heavy atom. The Kier molecular flexibility index (Phi) is 4.01. The Hall–Kier alpha value is -3.21. The zero-order valence-corrected chi connectivity index (χ0v) is 12.5. The molecule has 0 spiro atoms. The largest absolute Gasteiger partial charge is 0.322 e. The molecule has 0 aliphatic heterocycles. The van der Waals surface area contributed by atoms with Gasteiger partial charge in [0.1, 0.15) is 5.56 Å². The van der Waals surface area contributed by atoms with Crippen molar-refractivity contribution in [2.24, 2.45) is 0 Å². The van der Waals surface area contributed by atoms with Crippen LogP contribution in [0.25, 0.3) is 11.1 Å². The van der Waals surface area contributed by atoms with Gasteiger partial charge in [-0.05, 0) is 24.6 Å². The number of carbonyl (C=O) groups is 1. The number of aryl methyl sites for hydroxylation is 1. The highest BCUT2D eigenvalue weighted by Crippen LogP contribution is 2.24. The summed E-state index contributed by atoms with van der Waals surface area (Å²) < 4.78 is 0. The molecule has 0 aliphatic carbocycles. The highest BCUT2D eigenvalue weighted by molar-refractivity contribution is 6.08. The number of amides is 1. The van der Waals surface area contributed by atoms with Gasteiger partial charge in [0.2, 0.25) is 0 Å². The molecule has 0 atom stereocenters. The fourth-order valence-corrected chi connectivity index (χ4v) is 2.43. The maximum absolute atomic E-state index is 12.6. The van der Waals surface area contributed by atoms with Gasteiger partial charge in [-0.3, -0.25) is 9.59 Å². The van der Waals surface area contributed by atoms with Gasteiger partial charge >= 0.3 is 0 Å². The zero-order valence-electron chi connectivity index (χ0n) is 12.5. The summed E-state index contributed by atoms with van der Waals surface area (Å²) in [6.07, 6.45) is 0. The molecule has 2 aromatic carbocycles. The minimum atomic E-state index is -0.511. The van der Waals surface area contributed by atoms with E-state index in [0.717, 1.165) is 5.56 Å². The number of carbonyl (C=O) groups excluding carboxylic acids is 1. The predicted molar refractivity (Wildman–Crippen MR) is 89.4 cm³/mol. The molecule has 3 rings (SSSR count). The molecular weight excluding hydrogens is 290 g/mol. The molecule has 0 saturated heterocycles. The second-order valence-corrected chi connectivity index (χ2v) is 5.07. The summed E-state index contributed by atoms with van der Waals surface area (Å²) in [6, 6.07) is 18.3. The van der Waals surface area contributed by atoms with E-state index in [2.05, 4.69) is 15.5 Å². The summed E-state index contributed by atoms with van der Waals surface area (Å²) in [6.45, 7) is 1.76. The molecule has 1 heterocycles. The first-order chi connectivity index (χ1) is 11.2. The number of benzene rings is 2. The molecule has 0 unspecified atom stereocenters. The summed E-state index contributed by atoms with van der Waals surface area (Å²) in [5, 5.41) is 9.12. The number of hydrogen-bond acceptors (Lipinski definition) is 3. The van der Waals surface area contributed by atoms with Crippen molar-refractivity contribution in [1.82, 2.24) is 10.2 Å². The van der Waals surface area contributed by atoms with Crippen molar-refractivity contribution in [2.45, 2.75) is 6.92 Å². The highest BCUT2D eigenvalue weighted by atomic mass is 16.2. The molecule has 0 saturated carbocycles. The van der Waals surface area contributed by atoms with Gasteiger partial charge in [-0.1, -0.05) is 48.5 Å². The summed E-state index contributed by atoms with van der Waals surface area (Å²) >= 11 is 0. The maximum Gasteiger partial charge on any atom is 0.277 e. The lowest BCUT2D eigenvalue weighted by Crippen LogP contribution is -2.26. The van der Waals surface area contributed by atoms with Gasteiger partial charge in [-0.2, -0.15) is 5.10 Å². The molecule has 0 aliphatic rings. The molecule has 3 aromatic rings. The fourth-order valence-electron chi connectivity index (χ4n) is 2.43. The molecule has 0 bridgehead atoms. The minimum absolute atomic E-state index is 0.0625.